The Morgan fingerprint density at radius 3 is 2.81 bits per heavy atom. The maximum absolute atomic E-state index is 10.9. The van der Waals surface area contributed by atoms with Gasteiger partial charge in [0.2, 0.25) is 0 Å². The van der Waals surface area contributed by atoms with Crippen LogP contribution in [-0.4, -0.2) is 17.6 Å². The summed E-state index contributed by atoms with van der Waals surface area (Å²) in [6.45, 7) is 2.60. The number of aliphatic carboxylic acids is 1. The van der Waals surface area contributed by atoms with Gasteiger partial charge < -0.3 is 10.4 Å². The van der Waals surface area contributed by atoms with E-state index in [0.29, 0.717) is 13.0 Å². The molecule has 2 N–H and O–H groups in total. The van der Waals surface area contributed by atoms with E-state index in [4.69, 9.17) is 5.11 Å². The number of carboxylic acids is 1. The van der Waals surface area contributed by atoms with Crippen molar-refractivity contribution in [1.29, 1.82) is 0 Å². The number of hydrogen-bond donors (Lipinski definition) is 2. The highest BCUT2D eigenvalue weighted by Crippen LogP contribution is 2.29. The highest BCUT2D eigenvalue weighted by molar-refractivity contribution is 9.10. The lowest BCUT2D eigenvalue weighted by molar-refractivity contribution is -0.141. The van der Waals surface area contributed by atoms with E-state index in [-0.39, 0.29) is 12.0 Å². The average Bonchev–Trinajstić information content (AvgIpc) is 2.64. The molecule has 0 aromatic heterocycles. The van der Waals surface area contributed by atoms with Crippen LogP contribution in [0.2, 0.25) is 0 Å². The van der Waals surface area contributed by atoms with Crippen molar-refractivity contribution >= 4 is 21.9 Å². The third-order valence-corrected chi connectivity index (χ3v) is 3.40. The molecule has 2 atom stereocenters. The van der Waals surface area contributed by atoms with Crippen molar-refractivity contribution in [3.63, 3.8) is 0 Å². The summed E-state index contributed by atoms with van der Waals surface area (Å²) < 4.78 is 1.04. The average molecular weight is 284 g/mol. The van der Waals surface area contributed by atoms with E-state index in [1.54, 1.807) is 0 Å². The van der Waals surface area contributed by atoms with Crippen LogP contribution in [0.4, 0.5) is 0 Å². The molecule has 16 heavy (non-hydrogen) atoms. The number of benzene rings is 1. The summed E-state index contributed by atoms with van der Waals surface area (Å²) in [5.74, 6) is -0.967. The van der Waals surface area contributed by atoms with Crippen molar-refractivity contribution in [3.8, 4) is 0 Å². The van der Waals surface area contributed by atoms with Crippen LogP contribution in [0.3, 0.4) is 0 Å². The Morgan fingerprint density at radius 2 is 2.25 bits per heavy atom. The summed E-state index contributed by atoms with van der Waals surface area (Å²) in [5.41, 5.74) is 2.35. The summed E-state index contributed by atoms with van der Waals surface area (Å²) in [6.07, 6.45) is 0.672. The molecule has 1 aromatic rings. The molecule has 1 fully saturated rings. The first-order valence-electron chi connectivity index (χ1n) is 5.29. The Hall–Kier alpha value is -0.870. The molecule has 4 heteroatoms. The van der Waals surface area contributed by atoms with Gasteiger partial charge in [-0.25, -0.2) is 0 Å². The number of carbonyl (C=O) groups is 1. The molecule has 0 amide bonds. The highest BCUT2D eigenvalue weighted by Gasteiger charge is 2.30. The van der Waals surface area contributed by atoms with Gasteiger partial charge in [0, 0.05) is 17.1 Å². The number of aryl methyl sites for hydroxylation is 1. The van der Waals surface area contributed by atoms with E-state index < -0.39 is 5.97 Å². The zero-order chi connectivity index (χ0) is 11.7. The largest absolute Gasteiger partial charge is 0.481 e. The van der Waals surface area contributed by atoms with Gasteiger partial charge in [0.15, 0.2) is 0 Å². The first kappa shape index (κ1) is 11.6. The quantitative estimate of drug-likeness (QED) is 0.877. The minimum Gasteiger partial charge on any atom is -0.481 e. The number of halogens is 1. The molecule has 2 rings (SSSR count). The van der Waals surface area contributed by atoms with Gasteiger partial charge in [-0.05, 0) is 36.6 Å². The molecular formula is C12H14BrNO2. The minimum atomic E-state index is -0.707. The Balaban J connectivity index is 2.17. The van der Waals surface area contributed by atoms with Crippen molar-refractivity contribution < 1.29 is 9.90 Å². The lowest BCUT2D eigenvalue weighted by Crippen LogP contribution is -2.17. The van der Waals surface area contributed by atoms with E-state index in [1.165, 1.54) is 5.56 Å². The molecule has 1 saturated heterocycles. The first-order chi connectivity index (χ1) is 7.56. The second-order valence-corrected chi connectivity index (χ2v) is 5.21. The number of nitrogens with one attached hydrogen (secondary N) is 1. The standard InChI is InChI=1S/C12H14BrNO2/c1-7-2-8(4-10(13)3-7)11-5-9(6-14-11)12(15)16/h2-4,9,11,14H,5-6H2,1H3,(H,15,16). The molecule has 1 aliphatic heterocycles. The lowest BCUT2D eigenvalue weighted by atomic mass is 9.99. The predicted molar refractivity (Wildman–Crippen MR) is 65.4 cm³/mol. The second kappa shape index (κ2) is 4.55. The molecule has 0 radical (unpaired) electrons. The first-order valence-corrected chi connectivity index (χ1v) is 6.09. The minimum absolute atomic E-state index is 0.164. The second-order valence-electron chi connectivity index (χ2n) is 4.29. The molecular weight excluding hydrogens is 270 g/mol. The van der Waals surface area contributed by atoms with Crippen molar-refractivity contribution in [3.05, 3.63) is 33.8 Å². The summed E-state index contributed by atoms with van der Waals surface area (Å²) in [4.78, 5) is 10.9. The van der Waals surface area contributed by atoms with Gasteiger partial charge in [-0.15, -0.1) is 0 Å². The maximum atomic E-state index is 10.9. The summed E-state index contributed by atoms with van der Waals surface area (Å²) >= 11 is 3.46. The third-order valence-electron chi connectivity index (χ3n) is 2.95. The third kappa shape index (κ3) is 2.44. The van der Waals surface area contributed by atoms with Crippen LogP contribution in [-0.2, 0) is 4.79 Å². The maximum Gasteiger partial charge on any atom is 0.307 e. The highest BCUT2D eigenvalue weighted by atomic mass is 79.9. The number of rotatable bonds is 2. The van der Waals surface area contributed by atoms with Crippen molar-refractivity contribution in [2.45, 2.75) is 19.4 Å². The van der Waals surface area contributed by atoms with Crippen LogP contribution in [0.15, 0.2) is 22.7 Å². The number of hydrogen-bond acceptors (Lipinski definition) is 2. The van der Waals surface area contributed by atoms with Crippen molar-refractivity contribution in [2.75, 3.05) is 6.54 Å². The van der Waals surface area contributed by atoms with Gasteiger partial charge in [0.05, 0.1) is 5.92 Å². The van der Waals surface area contributed by atoms with Crippen LogP contribution in [0.1, 0.15) is 23.6 Å². The van der Waals surface area contributed by atoms with Gasteiger partial charge >= 0.3 is 5.97 Å². The molecule has 1 aliphatic rings. The summed E-state index contributed by atoms with van der Waals surface area (Å²) in [7, 11) is 0. The van der Waals surface area contributed by atoms with Crippen LogP contribution in [0.25, 0.3) is 0 Å². The Bertz CT molecular complexity index is 399. The summed E-state index contributed by atoms with van der Waals surface area (Å²) in [6, 6.07) is 6.37. The van der Waals surface area contributed by atoms with Gasteiger partial charge in [-0.1, -0.05) is 22.0 Å². The topological polar surface area (TPSA) is 49.3 Å². The van der Waals surface area contributed by atoms with Crippen LogP contribution in [0, 0.1) is 12.8 Å². The smallest absolute Gasteiger partial charge is 0.307 e. The van der Waals surface area contributed by atoms with E-state index in [2.05, 4.69) is 33.4 Å². The molecule has 86 valence electrons. The molecule has 2 unspecified atom stereocenters. The monoisotopic (exact) mass is 283 g/mol. The number of carboxylic acid groups (broad SMARTS) is 1. The molecule has 0 saturated carbocycles. The molecule has 1 aromatic carbocycles. The molecule has 1 heterocycles. The van der Waals surface area contributed by atoms with E-state index in [0.717, 1.165) is 10.0 Å². The molecule has 3 nitrogen and oxygen atoms in total. The van der Waals surface area contributed by atoms with Crippen molar-refractivity contribution in [2.24, 2.45) is 5.92 Å². The van der Waals surface area contributed by atoms with Crippen LogP contribution in [0.5, 0.6) is 0 Å². The van der Waals surface area contributed by atoms with Gasteiger partial charge in [0.25, 0.3) is 0 Å². The Kier molecular flexibility index (Phi) is 3.30. The van der Waals surface area contributed by atoms with Gasteiger partial charge in [-0.3, -0.25) is 4.79 Å². The van der Waals surface area contributed by atoms with Gasteiger partial charge in [-0.2, -0.15) is 0 Å². The zero-order valence-corrected chi connectivity index (χ0v) is 10.6. The Morgan fingerprint density at radius 1 is 1.50 bits per heavy atom. The van der Waals surface area contributed by atoms with E-state index in [1.807, 2.05) is 13.0 Å². The van der Waals surface area contributed by atoms with E-state index >= 15 is 0 Å². The van der Waals surface area contributed by atoms with E-state index in [9.17, 15) is 4.79 Å². The van der Waals surface area contributed by atoms with Crippen molar-refractivity contribution in [1.82, 2.24) is 5.32 Å². The van der Waals surface area contributed by atoms with Crippen LogP contribution < -0.4 is 5.32 Å². The zero-order valence-electron chi connectivity index (χ0n) is 9.03. The fraction of sp³-hybridized carbons (Fsp3) is 0.417. The van der Waals surface area contributed by atoms with Gasteiger partial charge in [0.1, 0.15) is 0 Å². The molecule has 0 aliphatic carbocycles. The fourth-order valence-electron chi connectivity index (χ4n) is 2.14. The molecule has 0 bridgehead atoms. The fourth-order valence-corrected chi connectivity index (χ4v) is 2.77. The lowest BCUT2D eigenvalue weighted by Gasteiger charge is -2.12. The van der Waals surface area contributed by atoms with Crippen LogP contribution >= 0.6 is 15.9 Å². The summed E-state index contributed by atoms with van der Waals surface area (Å²) in [5, 5.41) is 12.2. The SMILES string of the molecule is Cc1cc(Br)cc(C2CC(C(=O)O)CN2)c1. The predicted octanol–water partition coefficient (Wildman–Crippen LogP) is 2.49. The molecule has 0 spiro atoms. The normalized spacial score (nSPS) is 24.6. The Labute approximate surface area is 103 Å².